The largest absolute Gasteiger partial charge is 0.357 e. The van der Waals surface area contributed by atoms with Gasteiger partial charge in [0.05, 0.1) is 17.2 Å². The maximum atomic E-state index is 12.3. The van der Waals surface area contributed by atoms with Crippen LogP contribution in [0.4, 0.5) is 0 Å². The number of guanidine groups is 1. The van der Waals surface area contributed by atoms with Crippen LogP contribution in [0.1, 0.15) is 19.0 Å². The molecule has 1 aromatic heterocycles. The van der Waals surface area contributed by atoms with Gasteiger partial charge in [0.15, 0.2) is 15.8 Å². The van der Waals surface area contributed by atoms with Crippen molar-refractivity contribution >= 4 is 15.8 Å². The highest BCUT2D eigenvalue weighted by molar-refractivity contribution is 7.91. The minimum atomic E-state index is -3.24. The van der Waals surface area contributed by atoms with Gasteiger partial charge in [-0.25, -0.2) is 8.42 Å². The molecule has 0 radical (unpaired) electrons. The van der Waals surface area contributed by atoms with Crippen LogP contribution >= 0.6 is 0 Å². The zero-order valence-corrected chi connectivity index (χ0v) is 16.5. The smallest absolute Gasteiger partial charge is 0.194 e. The summed E-state index contributed by atoms with van der Waals surface area (Å²) in [6.45, 7) is 3.98. The van der Waals surface area contributed by atoms with Gasteiger partial charge in [-0.15, -0.1) is 0 Å². The van der Waals surface area contributed by atoms with E-state index in [9.17, 15) is 8.42 Å². The van der Waals surface area contributed by atoms with Crippen molar-refractivity contribution in [1.29, 1.82) is 0 Å². The van der Waals surface area contributed by atoms with E-state index >= 15 is 0 Å². The second-order valence-electron chi connectivity index (χ2n) is 6.19. The van der Waals surface area contributed by atoms with Gasteiger partial charge >= 0.3 is 0 Å². The standard InChI is InChI=1S/C19H28N4O2S/c1-4-20-19(23(3)16-17-10-8-14-22(17)2)21-13-9-15-26(24,25)18-11-6-5-7-12-18/h5-8,10-12,14H,4,9,13,15-16H2,1-3H3,(H,20,21). The predicted molar refractivity (Wildman–Crippen MR) is 106 cm³/mol. The van der Waals surface area contributed by atoms with Crippen LogP contribution < -0.4 is 5.32 Å². The van der Waals surface area contributed by atoms with Crippen molar-refractivity contribution in [1.82, 2.24) is 14.8 Å². The number of aromatic nitrogens is 1. The molecule has 0 bridgehead atoms. The third-order valence-corrected chi connectivity index (χ3v) is 5.90. The molecule has 0 saturated heterocycles. The first-order valence-electron chi connectivity index (χ1n) is 8.81. The SMILES string of the molecule is CCNC(=NCCCS(=O)(=O)c1ccccc1)N(C)Cc1cccn1C. The van der Waals surface area contributed by atoms with E-state index in [4.69, 9.17) is 0 Å². The first-order chi connectivity index (χ1) is 12.4. The maximum Gasteiger partial charge on any atom is 0.194 e. The maximum absolute atomic E-state index is 12.3. The minimum Gasteiger partial charge on any atom is -0.357 e. The molecule has 7 heteroatoms. The summed E-state index contributed by atoms with van der Waals surface area (Å²) in [5, 5.41) is 3.26. The fourth-order valence-electron chi connectivity index (χ4n) is 2.63. The molecule has 1 aromatic carbocycles. The van der Waals surface area contributed by atoms with E-state index in [2.05, 4.69) is 20.9 Å². The number of aliphatic imine (C=N–C) groups is 1. The average molecular weight is 377 g/mol. The van der Waals surface area contributed by atoms with Gasteiger partial charge in [-0.3, -0.25) is 4.99 Å². The molecule has 0 aliphatic heterocycles. The summed E-state index contributed by atoms with van der Waals surface area (Å²) >= 11 is 0. The van der Waals surface area contributed by atoms with E-state index in [0.29, 0.717) is 17.9 Å². The Morgan fingerprint density at radius 1 is 1.19 bits per heavy atom. The van der Waals surface area contributed by atoms with Gasteiger partial charge in [0, 0.05) is 39.1 Å². The average Bonchev–Trinajstić information content (AvgIpc) is 3.03. The molecule has 0 saturated carbocycles. The van der Waals surface area contributed by atoms with E-state index < -0.39 is 9.84 Å². The van der Waals surface area contributed by atoms with E-state index in [1.54, 1.807) is 24.3 Å². The molecule has 0 unspecified atom stereocenters. The molecule has 6 nitrogen and oxygen atoms in total. The van der Waals surface area contributed by atoms with Crippen molar-refractivity contribution in [2.75, 3.05) is 25.9 Å². The van der Waals surface area contributed by atoms with Gasteiger partial charge in [-0.1, -0.05) is 18.2 Å². The van der Waals surface area contributed by atoms with Gasteiger partial charge in [0.1, 0.15) is 0 Å². The number of sulfone groups is 1. The summed E-state index contributed by atoms with van der Waals surface area (Å²) in [6.07, 6.45) is 2.51. The molecule has 1 N–H and O–H groups in total. The molecule has 0 spiro atoms. The second kappa shape index (κ2) is 9.43. The molecule has 0 amide bonds. The van der Waals surface area contributed by atoms with E-state index in [0.717, 1.165) is 19.0 Å². The molecular formula is C19H28N4O2S. The molecular weight excluding hydrogens is 348 g/mol. The van der Waals surface area contributed by atoms with Crippen LogP contribution in [-0.4, -0.2) is 49.7 Å². The summed E-state index contributed by atoms with van der Waals surface area (Å²) in [6, 6.07) is 12.7. The van der Waals surface area contributed by atoms with E-state index in [-0.39, 0.29) is 5.75 Å². The van der Waals surface area contributed by atoms with Crippen LogP contribution in [0.15, 0.2) is 58.5 Å². The number of hydrogen-bond donors (Lipinski definition) is 1. The third kappa shape index (κ3) is 5.62. The normalized spacial score (nSPS) is 12.2. The van der Waals surface area contributed by atoms with Crippen LogP contribution in [0.3, 0.4) is 0 Å². The van der Waals surface area contributed by atoms with Crippen molar-refractivity contribution < 1.29 is 8.42 Å². The first kappa shape index (κ1) is 20.0. The highest BCUT2D eigenvalue weighted by Gasteiger charge is 2.13. The number of benzene rings is 1. The monoisotopic (exact) mass is 376 g/mol. The molecule has 142 valence electrons. The molecule has 0 fully saturated rings. The summed E-state index contributed by atoms with van der Waals surface area (Å²) in [5.74, 6) is 0.882. The number of nitrogens with one attached hydrogen (secondary N) is 1. The fraction of sp³-hybridized carbons (Fsp3) is 0.421. The molecule has 0 atom stereocenters. The Morgan fingerprint density at radius 3 is 2.54 bits per heavy atom. The molecule has 0 aliphatic carbocycles. The topological polar surface area (TPSA) is 66.7 Å². The molecule has 0 aliphatic rings. The molecule has 2 rings (SSSR count). The number of nitrogens with zero attached hydrogens (tertiary/aromatic N) is 3. The van der Waals surface area contributed by atoms with Crippen LogP contribution in [0.25, 0.3) is 0 Å². The van der Waals surface area contributed by atoms with Crippen LogP contribution in [-0.2, 0) is 23.4 Å². The Bertz CT molecular complexity index is 813. The Kier molecular flexibility index (Phi) is 7.26. The Morgan fingerprint density at radius 2 is 1.92 bits per heavy atom. The summed E-state index contributed by atoms with van der Waals surface area (Å²) in [4.78, 5) is 7.00. The lowest BCUT2D eigenvalue weighted by Crippen LogP contribution is -2.39. The van der Waals surface area contributed by atoms with Crippen molar-refractivity contribution in [2.45, 2.75) is 24.8 Å². The molecule has 26 heavy (non-hydrogen) atoms. The lowest BCUT2D eigenvalue weighted by Gasteiger charge is -2.22. The molecule has 2 aromatic rings. The van der Waals surface area contributed by atoms with Crippen LogP contribution in [0.5, 0.6) is 0 Å². The van der Waals surface area contributed by atoms with E-state index in [1.807, 2.05) is 44.2 Å². The molecule has 1 heterocycles. The summed E-state index contributed by atoms with van der Waals surface area (Å²) in [7, 11) is 0.753. The zero-order chi connectivity index (χ0) is 19.0. The quantitative estimate of drug-likeness (QED) is 0.436. The Labute approximate surface area is 156 Å². The lowest BCUT2D eigenvalue weighted by atomic mass is 10.4. The number of rotatable bonds is 8. The number of hydrogen-bond acceptors (Lipinski definition) is 3. The Balaban J connectivity index is 1.93. The van der Waals surface area contributed by atoms with Gasteiger partial charge in [0.25, 0.3) is 0 Å². The summed E-state index contributed by atoms with van der Waals surface area (Å²) in [5.41, 5.74) is 1.18. The van der Waals surface area contributed by atoms with Gasteiger partial charge < -0.3 is 14.8 Å². The van der Waals surface area contributed by atoms with Crippen molar-refractivity contribution in [2.24, 2.45) is 12.0 Å². The third-order valence-electron chi connectivity index (χ3n) is 4.08. The Hall–Kier alpha value is -2.28. The van der Waals surface area contributed by atoms with Crippen LogP contribution in [0.2, 0.25) is 0 Å². The summed E-state index contributed by atoms with van der Waals surface area (Å²) < 4.78 is 26.7. The van der Waals surface area contributed by atoms with Gasteiger partial charge in [-0.2, -0.15) is 0 Å². The number of aryl methyl sites for hydroxylation is 1. The second-order valence-corrected chi connectivity index (χ2v) is 8.30. The highest BCUT2D eigenvalue weighted by Crippen LogP contribution is 2.11. The predicted octanol–water partition coefficient (Wildman–Crippen LogP) is 2.29. The first-order valence-corrected chi connectivity index (χ1v) is 10.5. The van der Waals surface area contributed by atoms with Gasteiger partial charge in [0.2, 0.25) is 0 Å². The zero-order valence-electron chi connectivity index (χ0n) is 15.7. The lowest BCUT2D eigenvalue weighted by molar-refractivity contribution is 0.462. The van der Waals surface area contributed by atoms with E-state index in [1.165, 1.54) is 5.69 Å². The fourth-order valence-corrected chi connectivity index (χ4v) is 3.95. The highest BCUT2D eigenvalue weighted by atomic mass is 32.2. The minimum absolute atomic E-state index is 0.0987. The van der Waals surface area contributed by atoms with Crippen LogP contribution in [0, 0.1) is 0 Å². The van der Waals surface area contributed by atoms with Crippen molar-refractivity contribution in [3.05, 3.63) is 54.4 Å². The van der Waals surface area contributed by atoms with Crippen molar-refractivity contribution in [3.63, 3.8) is 0 Å². The van der Waals surface area contributed by atoms with Gasteiger partial charge in [-0.05, 0) is 37.6 Å². The van der Waals surface area contributed by atoms with Crippen molar-refractivity contribution in [3.8, 4) is 0 Å².